The Morgan fingerprint density at radius 3 is 2.69 bits per heavy atom. The van der Waals surface area contributed by atoms with E-state index in [1.54, 1.807) is 0 Å². The maximum Gasteiger partial charge on any atom is 0.0249 e. The van der Waals surface area contributed by atoms with Gasteiger partial charge >= 0.3 is 0 Å². The highest BCUT2D eigenvalue weighted by atomic mass is 15.2. The van der Waals surface area contributed by atoms with Crippen molar-refractivity contribution in [3.05, 3.63) is 0 Å². The highest BCUT2D eigenvalue weighted by Crippen LogP contribution is 2.23. The van der Waals surface area contributed by atoms with E-state index in [2.05, 4.69) is 38.0 Å². The molecule has 13 heavy (non-hydrogen) atoms. The largest absolute Gasteiger partial charge is 0.316 e. The number of nitrogens with zero attached hydrogens (tertiary/aromatic N) is 1. The minimum absolute atomic E-state index is 0.636. The van der Waals surface area contributed by atoms with Gasteiger partial charge in [-0.15, -0.1) is 0 Å². The monoisotopic (exact) mass is 184 g/mol. The van der Waals surface area contributed by atoms with Gasteiger partial charge in [0.1, 0.15) is 0 Å². The summed E-state index contributed by atoms with van der Waals surface area (Å²) in [6, 6.07) is 2.15. The van der Waals surface area contributed by atoms with Crippen LogP contribution in [0.3, 0.4) is 0 Å². The van der Waals surface area contributed by atoms with Gasteiger partial charge in [-0.2, -0.15) is 0 Å². The highest BCUT2D eigenvalue weighted by Gasteiger charge is 2.30. The molecule has 1 heterocycles. The third-order valence-corrected chi connectivity index (χ3v) is 3.53. The molecule has 0 aliphatic carbocycles. The molecule has 0 amide bonds. The lowest BCUT2D eigenvalue weighted by molar-refractivity contribution is 0.161. The van der Waals surface area contributed by atoms with Crippen molar-refractivity contribution in [2.75, 3.05) is 13.6 Å². The van der Waals surface area contributed by atoms with Crippen LogP contribution in [0.5, 0.6) is 0 Å². The summed E-state index contributed by atoms with van der Waals surface area (Å²) in [6.45, 7) is 8.22. The molecule has 1 aliphatic rings. The Balaban J connectivity index is 2.52. The van der Waals surface area contributed by atoms with Crippen molar-refractivity contribution in [3.63, 3.8) is 0 Å². The molecule has 2 unspecified atom stereocenters. The van der Waals surface area contributed by atoms with Crippen molar-refractivity contribution in [1.82, 2.24) is 10.2 Å². The first-order chi connectivity index (χ1) is 6.20. The summed E-state index contributed by atoms with van der Waals surface area (Å²) in [4.78, 5) is 2.67. The van der Waals surface area contributed by atoms with Crippen molar-refractivity contribution < 1.29 is 0 Å². The predicted molar refractivity (Wildman–Crippen MR) is 58.0 cm³/mol. The highest BCUT2D eigenvalue weighted by molar-refractivity contribution is 4.88. The summed E-state index contributed by atoms with van der Waals surface area (Å²) in [6.07, 6.45) is 4.01. The molecule has 1 aliphatic heterocycles. The van der Waals surface area contributed by atoms with Crippen LogP contribution in [0.25, 0.3) is 0 Å². The lowest BCUT2D eigenvalue weighted by atomic mass is 10.1. The van der Waals surface area contributed by atoms with Crippen molar-refractivity contribution >= 4 is 0 Å². The first kappa shape index (κ1) is 11.0. The molecule has 78 valence electrons. The van der Waals surface area contributed by atoms with Crippen LogP contribution < -0.4 is 5.32 Å². The van der Waals surface area contributed by atoms with Gasteiger partial charge in [-0.3, -0.25) is 4.90 Å². The average molecular weight is 184 g/mol. The molecule has 2 nitrogen and oxygen atoms in total. The number of likely N-dealkylation sites (tertiary alicyclic amines) is 1. The summed E-state index contributed by atoms with van der Waals surface area (Å²) >= 11 is 0. The number of hydrogen-bond acceptors (Lipinski definition) is 2. The fourth-order valence-corrected chi connectivity index (χ4v) is 2.33. The molecule has 0 aromatic rings. The average Bonchev–Trinajstić information content (AvgIpc) is 2.63. The normalized spacial score (nSPS) is 29.1. The molecule has 1 saturated heterocycles. The Bertz CT molecular complexity index is 131. The second kappa shape index (κ2) is 4.97. The Morgan fingerprint density at radius 1 is 1.46 bits per heavy atom. The van der Waals surface area contributed by atoms with Crippen molar-refractivity contribution in [3.8, 4) is 0 Å². The Kier molecular flexibility index (Phi) is 4.20. The smallest absolute Gasteiger partial charge is 0.0249 e. The van der Waals surface area contributed by atoms with Gasteiger partial charge in [-0.05, 0) is 46.7 Å². The van der Waals surface area contributed by atoms with Gasteiger partial charge in [0.25, 0.3) is 0 Å². The standard InChI is InChI=1S/C11H24N2/c1-5-9(2)13-8-6-7-11(13)10(3)12-4/h9-12H,5-8H2,1-4H3/t9?,10-,11?/m0/s1. The molecule has 3 atom stereocenters. The molecule has 0 saturated carbocycles. The van der Waals surface area contributed by atoms with Crippen molar-refractivity contribution in [2.24, 2.45) is 0 Å². The third kappa shape index (κ3) is 2.44. The van der Waals surface area contributed by atoms with Crippen LogP contribution in [0.1, 0.15) is 40.0 Å². The second-order valence-corrected chi connectivity index (χ2v) is 4.28. The van der Waals surface area contributed by atoms with E-state index in [0.717, 1.165) is 12.1 Å². The quantitative estimate of drug-likeness (QED) is 0.717. The zero-order valence-electron chi connectivity index (χ0n) is 9.51. The van der Waals surface area contributed by atoms with Crippen LogP contribution >= 0.6 is 0 Å². The lowest BCUT2D eigenvalue weighted by Gasteiger charge is -2.33. The summed E-state index contributed by atoms with van der Waals surface area (Å²) in [5, 5.41) is 3.37. The second-order valence-electron chi connectivity index (χ2n) is 4.28. The topological polar surface area (TPSA) is 15.3 Å². The molecule has 0 spiro atoms. The molecule has 1 N–H and O–H groups in total. The van der Waals surface area contributed by atoms with E-state index >= 15 is 0 Å². The van der Waals surface area contributed by atoms with Gasteiger partial charge in [-0.25, -0.2) is 0 Å². The van der Waals surface area contributed by atoms with Crippen LogP contribution in [0.15, 0.2) is 0 Å². The van der Waals surface area contributed by atoms with Crippen LogP contribution in [0.2, 0.25) is 0 Å². The summed E-state index contributed by atoms with van der Waals surface area (Å²) in [7, 11) is 2.07. The van der Waals surface area contributed by atoms with Crippen LogP contribution in [-0.4, -0.2) is 36.6 Å². The van der Waals surface area contributed by atoms with E-state index in [-0.39, 0.29) is 0 Å². The van der Waals surface area contributed by atoms with E-state index in [9.17, 15) is 0 Å². The fraction of sp³-hybridized carbons (Fsp3) is 1.00. The Morgan fingerprint density at radius 2 is 2.15 bits per heavy atom. The fourth-order valence-electron chi connectivity index (χ4n) is 2.33. The zero-order chi connectivity index (χ0) is 9.84. The molecule has 2 heteroatoms. The van der Waals surface area contributed by atoms with Crippen molar-refractivity contribution in [1.29, 1.82) is 0 Å². The minimum Gasteiger partial charge on any atom is -0.316 e. The van der Waals surface area contributed by atoms with Crippen LogP contribution in [0.4, 0.5) is 0 Å². The predicted octanol–water partition coefficient (Wildman–Crippen LogP) is 1.86. The van der Waals surface area contributed by atoms with E-state index in [0.29, 0.717) is 6.04 Å². The maximum absolute atomic E-state index is 3.37. The maximum atomic E-state index is 3.37. The first-order valence-corrected chi connectivity index (χ1v) is 5.63. The van der Waals surface area contributed by atoms with Gasteiger partial charge in [0.2, 0.25) is 0 Å². The number of hydrogen-bond donors (Lipinski definition) is 1. The van der Waals surface area contributed by atoms with Gasteiger partial charge in [0.15, 0.2) is 0 Å². The molecule has 0 bridgehead atoms. The molecular weight excluding hydrogens is 160 g/mol. The molecule has 1 rings (SSSR count). The van der Waals surface area contributed by atoms with Gasteiger partial charge in [-0.1, -0.05) is 6.92 Å². The summed E-state index contributed by atoms with van der Waals surface area (Å²) in [5.74, 6) is 0. The molecule has 1 fully saturated rings. The number of nitrogens with one attached hydrogen (secondary N) is 1. The van der Waals surface area contributed by atoms with E-state index in [1.165, 1.54) is 25.8 Å². The van der Waals surface area contributed by atoms with Gasteiger partial charge in [0.05, 0.1) is 0 Å². The van der Waals surface area contributed by atoms with E-state index in [4.69, 9.17) is 0 Å². The lowest BCUT2D eigenvalue weighted by Crippen LogP contribution is -2.47. The van der Waals surface area contributed by atoms with Crippen LogP contribution in [-0.2, 0) is 0 Å². The number of rotatable bonds is 4. The van der Waals surface area contributed by atoms with E-state index < -0.39 is 0 Å². The number of likely N-dealkylation sites (N-methyl/N-ethyl adjacent to an activating group) is 1. The molecule has 0 aromatic heterocycles. The Hall–Kier alpha value is -0.0800. The SMILES string of the molecule is CCC(C)N1CCCC1[C@H](C)NC. The van der Waals surface area contributed by atoms with Gasteiger partial charge < -0.3 is 5.32 Å². The first-order valence-electron chi connectivity index (χ1n) is 5.63. The summed E-state index contributed by atoms with van der Waals surface area (Å²) in [5.41, 5.74) is 0. The van der Waals surface area contributed by atoms with Gasteiger partial charge in [0, 0.05) is 18.1 Å². The van der Waals surface area contributed by atoms with Crippen molar-refractivity contribution in [2.45, 2.75) is 58.2 Å². The summed E-state index contributed by atoms with van der Waals surface area (Å²) < 4.78 is 0. The Labute approximate surface area is 82.7 Å². The van der Waals surface area contributed by atoms with Crippen LogP contribution in [0, 0.1) is 0 Å². The molecular formula is C11H24N2. The molecule has 0 radical (unpaired) electrons. The minimum atomic E-state index is 0.636. The third-order valence-electron chi connectivity index (χ3n) is 3.53. The van der Waals surface area contributed by atoms with E-state index in [1.807, 2.05) is 0 Å². The zero-order valence-corrected chi connectivity index (χ0v) is 9.51. The molecule has 0 aromatic carbocycles.